The average Bonchev–Trinajstić information content (AvgIpc) is 3.10. The number of ether oxygens (including phenoxy) is 1. The highest BCUT2D eigenvalue weighted by Crippen LogP contribution is 2.43. The molecule has 166 valence electrons. The summed E-state index contributed by atoms with van der Waals surface area (Å²) >= 11 is 0. The molecule has 1 aliphatic carbocycles. The highest BCUT2D eigenvalue weighted by molar-refractivity contribution is 14.0. The van der Waals surface area contributed by atoms with Crippen LogP contribution in [0, 0.1) is 18.2 Å². The summed E-state index contributed by atoms with van der Waals surface area (Å²) in [5.41, 5.74) is 1.64. The largest absolute Gasteiger partial charge is 0.385 e. The molecule has 0 unspecified atom stereocenters. The Kier molecular flexibility index (Phi) is 9.54. The van der Waals surface area contributed by atoms with E-state index in [0.717, 1.165) is 43.5 Å². The Labute approximate surface area is 195 Å². The topological polar surface area (TPSA) is 63.5 Å². The van der Waals surface area contributed by atoms with Crippen molar-refractivity contribution in [1.29, 1.82) is 0 Å². The standard InChI is InChI=1S/C22H32FN5O.HI/c1-4-24-21(27-16-22(8-5-9-22)10-13-29-3)26-15-18-6-7-20(19(23)14-18)28-12-11-25-17(28)2;/h6-7,11-12,14H,4-5,8-10,13,15-16H2,1-3H3,(H2,24,26,27);1H. The molecule has 1 aromatic heterocycles. The first-order valence-electron chi connectivity index (χ1n) is 10.4. The lowest BCUT2D eigenvalue weighted by Crippen LogP contribution is -2.46. The number of halogens is 2. The van der Waals surface area contributed by atoms with Gasteiger partial charge in [0.1, 0.15) is 11.6 Å². The molecule has 3 rings (SSSR count). The molecule has 1 aromatic carbocycles. The zero-order chi connectivity index (χ0) is 20.7. The van der Waals surface area contributed by atoms with E-state index in [1.165, 1.54) is 19.3 Å². The summed E-state index contributed by atoms with van der Waals surface area (Å²) < 4.78 is 21.6. The fraction of sp³-hybridized carbons (Fsp3) is 0.545. The van der Waals surface area contributed by atoms with E-state index in [2.05, 4.69) is 20.6 Å². The van der Waals surface area contributed by atoms with Crippen molar-refractivity contribution < 1.29 is 9.13 Å². The van der Waals surface area contributed by atoms with Gasteiger partial charge in [0, 0.05) is 39.2 Å². The summed E-state index contributed by atoms with van der Waals surface area (Å²) in [4.78, 5) is 8.81. The number of nitrogens with zero attached hydrogens (tertiary/aromatic N) is 3. The average molecular weight is 529 g/mol. The number of imidazole rings is 1. The van der Waals surface area contributed by atoms with Gasteiger partial charge in [-0.15, -0.1) is 24.0 Å². The fourth-order valence-corrected chi connectivity index (χ4v) is 3.77. The maximum atomic E-state index is 14.6. The molecule has 0 atom stereocenters. The Balaban J connectivity index is 0.00000320. The first kappa shape index (κ1) is 24.6. The van der Waals surface area contributed by atoms with Gasteiger partial charge >= 0.3 is 0 Å². The highest BCUT2D eigenvalue weighted by Gasteiger charge is 2.36. The van der Waals surface area contributed by atoms with Gasteiger partial charge < -0.3 is 19.9 Å². The number of aryl methyl sites for hydroxylation is 1. The van der Waals surface area contributed by atoms with Crippen LogP contribution in [0.5, 0.6) is 0 Å². The molecule has 0 amide bonds. The van der Waals surface area contributed by atoms with E-state index in [1.54, 1.807) is 36.2 Å². The lowest BCUT2D eigenvalue weighted by atomic mass is 9.67. The van der Waals surface area contributed by atoms with E-state index in [9.17, 15) is 4.39 Å². The fourth-order valence-electron chi connectivity index (χ4n) is 3.77. The smallest absolute Gasteiger partial charge is 0.191 e. The van der Waals surface area contributed by atoms with Crippen molar-refractivity contribution in [3.8, 4) is 5.69 Å². The van der Waals surface area contributed by atoms with Crippen molar-refractivity contribution in [2.45, 2.75) is 46.1 Å². The van der Waals surface area contributed by atoms with Gasteiger partial charge in [-0.1, -0.05) is 12.5 Å². The van der Waals surface area contributed by atoms with Crippen molar-refractivity contribution in [2.24, 2.45) is 10.4 Å². The third kappa shape index (κ3) is 6.16. The van der Waals surface area contributed by atoms with E-state index >= 15 is 0 Å². The molecule has 2 N–H and O–H groups in total. The number of hydrogen-bond acceptors (Lipinski definition) is 3. The minimum Gasteiger partial charge on any atom is -0.385 e. The first-order chi connectivity index (χ1) is 14.1. The van der Waals surface area contributed by atoms with Crippen molar-refractivity contribution in [3.05, 3.63) is 47.8 Å². The number of aliphatic imine (C=N–C) groups is 1. The lowest BCUT2D eigenvalue weighted by Gasteiger charge is -2.42. The van der Waals surface area contributed by atoms with Crippen LogP contribution < -0.4 is 10.6 Å². The summed E-state index contributed by atoms with van der Waals surface area (Å²) in [7, 11) is 1.75. The van der Waals surface area contributed by atoms with Crippen molar-refractivity contribution >= 4 is 29.9 Å². The predicted molar refractivity (Wildman–Crippen MR) is 129 cm³/mol. The third-order valence-electron chi connectivity index (χ3n) is 5.74. The van der Waals surface area contributed by atoms with Gasteiger partial charge in [-0.25, -0.2) is 14.4 Å². The summed E-state index contributed by atoms with van der Waals surface area (Å²) in [6.07, 6.45) is 8.23. The van der Waals surface area contributed by atoms with Crippen molar-refractivity contribution in [3.63, 3.8) is 0 Å². The number of methoxy groups -OCH3 is 1. The summed E-state index contributed by atoms with van der Waals surface area (Å²) in [5.74, 6) is 1.25. The van der Waals surface area contributed by atoms with E-state index < -0.39 is 0 Å². The molecule has 30 heavy (non-hydrogen) atoms. The molecule has 1 aliphatic rings. The molecular formula is C22H33FIN5O. The number of nitrogens with one attached hydrogen (secondary N) is 2. The number of hydrogen-bond donors (Lipinski definition) is 2. The van der Waals surface area contributed by atoms with Crippen LogP contribution in [0.1, 0.15) is 44.0 Å². The summed E-state index contributed by atoms with van der Waals surface area (Å²) in [5, 5.41) is 6.76. The second-order valence-electron chi connectivity index (χ2n) is 7.78. The molecule has 2 aromatic rings. The van der Waals surface area contributed by atoms with Crippen LogP contribution in [-0.4, -0.2) is 42.3 Å². The van der Waals surface area contributed by atoms with Gasteiger partial charge in [0.2, 0.25) is 0 Å². The van der Waals surface area contributed by atoms with Gasteiger partial charge in [0.15, 0.2) is 5.96 Å². The maximum Gasteiger partial charge on any atom is 0.191 e. The first-order valence-corrected chi connectivity index (χ1v) is 10.4. The van der Waals surface area contributed by atoms with E-state index in [-0.39, 0.29) is 29.8 Å². The molecule has 0 radical (unpaired) electrons. The van der Waals surface area contributed by atoms with Crippen LogP contribution in [-0.2, 0) is 11.3 Å². The molecule has 6 nitrogen and oxygen atoms in total. The van der Waals surface area contributed by atoms with Crippen LogP contribution >= 0.6 is 24.0 Å². The number of guanidine groups is 1. The minimum atomic E-state index is -0.273. The highest BCUT2D eigenvalue weighted by atomic mass is 127. The molecule has 1 fully saturated rings. The Bertz CT molecular complexity index is 835. The Hall–Kier alpha value is -1.68. The van der Waals surface area contributed by atoms with Crippen LogP contribution in [0.3, 0.4) is 0 Å². The van der Waals surface area contributed by atoms with Crippen LogP contribution in [0.2, 0.25) is 0 Å². The van der Waals surface area contributed by atoms with E-state index in [0.29, 0.717) is 17.6 Å². The van der Waals surface area contributed by atoms with Gasteiger partial charge in [-0.2, -0.15) is 0 Å². The van der Waals surface area contributed by atoms with Crippen LogP contribution in [0.15, 0.2) is 35.6 Å². The Morgan fingerprint density at radius 3 is 2.70 bits per heavy atom. The normalized spacial score (nSPS) is 15.3. The third-order valence-corrected chi connectivity index (χ3v) is 5.74. The Morgan fingerprint density at radius 2 is 2.13 bits per heavy atom. The molecule has 0 spiro atoms. The monoisotopic (exact) mass is 529 g/mol. The molecule has 0 bridgehead atoms. The molecular weight excluding hydrogens is 496 g/mol. The summed E-state index contributed by atoms with van der Waals surface area (Å²) in [6.45, 7) is 6.77. The molecule has 1 saturated carbocycles. The zero-order valence-electron chi connectivity index (χ0n) is 18.1. The summed E-state index contributed by atoms with van der Waals surface area (Å²) in [6, 6.07) is 5.24. The zero-order valence-corrected chi connectivity index (χ0v) is 20.4. The number of benzene rings is 1. The molecule has 1 heterocycles. The second-order valence-corrected chi connectivity index (χ2v) is 7.78. The Morgan fingerprint density at radius 1 is 1.33 bits per heavy atom. The van der Waals surface area contributed by atoms with Gasteiger partial charge in [0.25, 0.3) is 0 Å². The lowest BCUT2D eigenvalue weighted by molar-refractivity contribution is 0.0732. The van der Waals surface area contributed by atoms with Crippen LogP contribution in [0.4, 0.5) is 4.39 Å². The van der Waals surface area contributed by atoms with Gasteiger partial charge in [-0.05, 0) is 56.2 Å². The molecule has 8 heteroatoms. The van der Waals surface area contributed by atoms with E-state index in [4.69, 9.17) is 4.74 Å². The second kappa shape index (κ2) is 11.6. The quantitative estimate of drug-likeness (QED) is 0.291. The molecule has 0 saturated heterocycles. The van der Waals surface area contributed by atoms with Crippen LogP contribution in [0.25, 0.3) is 5.69 Å². The maximum absolute atomic E-state index is 14.6. The van der Waals surface area contributed by atoms with Crippen molar-refractivity contribution in [1.82, 2.24) is 20.2 Å². The number of rotatable bonds is 9. The van der Waals surface area contributed by atoms with Gasteiger partial charge in [-0.3, -0.25) is 0 Å². The predicted octanol–water partition coefficient (Wildman–Crippen LogP) is 4.20. The van der Waals surface area contributed by atoms with Gasteiger partial charge in [0.05, 0.1) is 12.2 Å². The minimum absolute atomic E-state index is 0. The SMILES string of the molecule is CCNC(=NCc1ccc(-n2ccnc2C)c(F)c1)NCC1(CCOC)CCC1.I. The molecule has 0 aliphatic heterocycles. The van der Waals surface area contributed by atoms with Crippen molar-refractivity contribution in [2.75, 3.05) is 26.8 Å². The van der Waals surface area contributed by atoms with E-state index in [1.807, 2.05) is 19.9 Å². The number of aromatic nitrogens is 2.